The molecule has 0 bridgehead atoms. The van der Waals surface area contributed by atoms with E-state index in [0.29, 0.717) is 18.8 Å². The van der Waals surface area contributed by atoms with E-state index in [-0.39, 0.29) is 29.6 Å². The second kappa shape index (κ2) is 6.48. The summed E-state index contributed by atoms with van der Waals surface area (Å²) in [4.78, 5) is 0.201. The molecule has 0 spiro atoms. The normalized spacial score (nSPS) is 23.1. The minimum atomic E-state index is -3.55. The van der Waals surface area contributed by atoms with Gasteiger partial charge in [0.1, 0.15) is 0 Å². The van der Waals surface area contributed by atoms with Crippen molar-refractivity contribution >= 4 is 10.0 Å². The molecule has 1 aromatic heterocycles. The van der Waals surface area contributed by atoms with Crippen LogP contribution in [0.4, 0.5) is 0 Å². The number of sulfonamides is 1. The van der Waals surface area contributed by atoms with Crippen molar-refractivity contribution < 1.29 is 18.3 Å². The first-order valence-corrected chi connectivity index (χ1v) is 8.76. The molecule has 2 atom stereocenters. The van der Waals surface area contributed by atoms with E-state index in [4.69, 9.17) is 4.74 Å². The van der Waals surface area contributed by atoms with Gasteiger partial charge in [-0.15, -0.1) is 0 Å². The predicted molar refractivity (Wildman–Crippen MR) is 79.4 cm³/mol. The molecule has 2 rings (SSSR count). The second-order valence-electron chi connectivity index (χ2n) is 5.80. The maximum absolute atomic E-state index is 12.4. The van der Waals surface area contributed by atoms with Crippen LogP contribution in [-0.4, -0.2) is 37.3 Å². The Hall–Kier alpha value is -0.890. The highest BCUT2D eigenvalue weighted by Crippen LogP contribution is 2.22. The number of hydrogen-bond acceptors (Lipinski definition) is 4. The number of aromatic nitrogens is 1. The fourth-order valence-corrected chi connectivity index (χ4v) is 3.74. The number of hydrogen-bond donors (Lipinski definition) is 2. The van der Waals surface area contributed by atoms with Crippen LogP contribution in [0, 0.1) is 5.92 Å². The molecule has 2 unspecified atom stereocenters. The van der Waals surface area contributed by atoms with Crippen molar-refractivity contribution in [3.8, 4) is 0 Å². The maximum Gasteiger partial charge on any atom is 0.242 e. The Balaban J connectivity index is 2.12. The fraction of sp³-hybridized carbons (Fsp3) is 0.714. The molecule has 120 valence electrons. The molecule has 6 nitrogen and oxygen atoms in total. The number of aliphatic hydroxyl groups excluding tert-OH is 1. The Kier molecular flexibility index (Phi) is 5.08. The van der Waals surface area contributed by atoms with Gasteiger partial charge in [-0.3, -0.25) is 0 Å². The summed E-state index contributed by atoms with van der Waals surface area (Å²) in [5.41, 5.74) is 0.600. The van der Waals surface area contributed by atoms with E-state index < -0.39 is 10.0 Å². The van der Waals surface area contributed by atoms with Gasteiger partial charge in [-0.2, -0.15) is 0 Å². The predicted octanol–water partition coefficient (Wildman–Crippen LogP) is 1.26. The van der Waals surface area contributed by atoms with Gasteiger partial charge in [-0.05, 0) is 33.3 Å². The van der Waals surface area contributed by atoms with Crippen LogP contribution in [0.3, 0.4) is 0 Å². The summed E-state index contributed by atoms with van der Waals surface area (Å²) in [5, 5.41) is 9.33. The van der Waals surface area contributed by atoms with Crippen molar-refractivity contribution in [1.82, 2.24) is 9.29 Å². The zero-order chi connectivity index (χ0) is 15.6. The summed E-state index contributed by atoms with van der Waals surface area (Å²) in [6.07, 6.45) is 2.53. The molecule has 21 heavy (non-hydrogen) atoms. The minimum absolute atomic E-state index is 0.0842. The Morgan fingerprint density at radius 3 is 2.71 bits per heavy atom. The minimum Gasteiger partial charge on any atom is -0.390 e. The third kappa shape index (κ3) is 3.66. The molecule has 2 heterocycles. The smallest absolute Gasteiger partial charge is 0.242 e. The third-order valence-corrected chi connectivity index (χ3v) is 5.39. The zero-order valence-corrected chi connectivity index (χ0v) is 13.6. The first-order valence-electron chi connectivity index (χ1n) is 7.28. The second-order valence-corrected chi connectivity index (χ2v) is 7.57. The van der Waals surface area contributed by atoms with Crippen LogP contribution in [-0.2, 0) is 21.4 Å². The molecule has 0 aliphatic carbocycles. The Morgan fingerprint density at radius 2 is 2.24 bits per heavy atom. The third-order valence-electron chi connectivity index (χ3n) is 4.00. The molecule has 1 aliphatic rings. The fourth-order valence-electron chi connectivity index (χ4n) is 2.60. The van der Waals surface area contributed by atoms with E-state index in [1.165, 1.54) is 6.07 Å². The number of nitrogens with one attached hydrogen (secondary N) is 1. The molecule has 1 saturated heterocycles. The van der Waals surface area contributed by atoms with Crippen molar-refractivity contribution in [2.24, 2.45) is 5.92 Å². The molecule has 0 radical (unpaired) electrons. The highest BCUT2D eigenvalue weighted by Gasteiger charge is 2.27. The van der Waals surface area contributed by atoms with Crippen LogP contribution in [0.5, 0.6) is 0 Å². The van der Waals surface area contributed by atoms with Gasteiger partial charge in [0, 0.05) is 37.0 Å². The van der Waals surface area contributed by atoms with Crippen molar-refractivity contribution in [3.05, 3.63) is 18.0 Å². The monoisotopic (exact) mass is 316 g/mol. The largest absolute Gasteiger partial charge is 0.390 e. The maximum atomic E-state index is 12.4. The summed E-state index contributed by atoms with van der Waals surface area (Å²) < 4.78 is 34.6. The SMILES string of the molecule is CC1OCCC1CNS(=O)(=O)c1cc(CO)n(C(C)C)c1. The molecule has 7 heteroatoms. The van der Waals surface area contributed by atoms with Crippen molar-refractivity contribution in [1.29, 1.82) is 0 Å². The van der Waals surface area contributed by atoms with Gasteiger partial charge in [0.25, 0.3) is 0 Å². The Bertz CT molecular complexity index is 580. The molecule has 1 fully saturated rings. The van der Waals surface area contributed by atoms with Gasteiger partial charge < -0.3 is 14.4 Å². The van der Waals surface area contributed by atoms with Gasteiger partial charge in [-0.25, -0.2) is 13.1 Å². The van der Waals surface area contributed by atoms with Crippen LogP contribution in [0.25, 0.3) is 0 Å². The van der Waals surface area contributed by atoms with E-state index in [1.807, 2.05) is 20.8 Å². The molecule has 0 saturated carbocycles. The molecular formula is C14H24N2O4S. The Morgan fingerprint density at radius 1 is 1.52 bits per heavy atom. The van der Waals surface area contributed by atoms with Crippen molar-refractivity contribution in [3.63, 3.8) is 0 Å². The lowest BCUT2D eigenvalue weighted by atomic mass is 10.0. The summed E-state index contributed by atoms with van der Waals surface area (Å²) in [6, 6.07) is 1.62. The summed E-state index contributed by atoms with van der Waals surface area (Å²) >= 11 is 0. The first kappa shape index (κ1) is 16.5. The number of nitrogens with zero attached hydrogens (tertiary/aromatic N) is 1. The van der Waals surface area contributed by atoms with Gasteiger partial charge in [0.15, 0.2) is 0 Å². The molecule has 1 aliphatic heterocycles. The van der Waals surface area contributed by atoms with Gasteiger partial charge in [-0.1, -0.05) is 0 Å². The lowest BCUT2D eigenvalue weighted by Crippen LogP contribution is -2.31. The molecule has 0 aromatic carbocycles. The first-order chi connectivity index (χ1) is 9.85. The van der Waals surface area contributed by atoms with Crippen LogP contribution in [0.1, 0.15) is 38.9 Å². The van der Waals surface area contributed by atoms with E-state index in [2.05, 4.69) is 4.72 Å². The van der Waals surface area contributed by atoms with Crippen molar-refractivity contribution in [2.75, 3.05) is 13.2 Å². The highest BCUT2D eigenvalue weighted by molar-refractivity contribution is 7.89. The molecule has 1 aromatic rings. The lowest BCUT2D eigenvalue weighted by Gasteiger charge is -2.14. The van der Waals surface area contributed by atoms with Gasteiger partial charge in [0.2, 0.25) is 10.0 Å². The van der Waals surface area contributed by atoms with Gasteiger partial charge >= 0.3 is 0 Å². The van der Waals surface area contributed by atoms with Crippen LogP contribution in [0.15, 0.2) is 17.2 Å². The van der Waals surface area contributed by atoms with Crippen LogP contribution < -0.4 is 4.72 Å². The summed E-state index contributed by atoms with van der Waals surface area (Å²) in [6.45, 7) is 6.74. The van der Waals surface area contributed by atoms with E-state index >= 15 is 0 Å². The average molecular weight is 316 g/mol. The summed E-state index contributed by atoms with van der Waals surface area (Å²) in [5.74, 6) is 0.212. The highest BCUT2D eigenvalue weighted by atomic mass is 32.2. The zero-order valence-electron chi connectivity index (χ0n) is 12.7. The van der Waals surface area contributed by atoms with Crippen molar-refractivity contribution in [2.45, 2.75) is 50.8 Å². The molecule has 0 amide bonds. The number of aliphatic hydroxyl groups is 1. The standard InChI is InChI=1S/C14H24N2O4S/c1-10(2)16-8-14(6-13(16)9-17)21(18,19)15-7-12-4-5-20-11(12)3/h6,8,10-12,15,17H,4-5,7,9H2,1-3H3. The topological polar surface area (TPSA) is 80.6 Å². The molecule has 2 N–H and O–H groups in total. The van der Waals surface area contributed by atoms with Crippen LogP contribution in [0.2, 0.25) is 0 Å². The average Bonchev–Trinajstić information content (AvgIpc) is 3.02. The van der Waals surface area contributed by atoms with E-state index in [9.17, 15) is 13.5 Å². The molecular weight excluding hydrogens is 292 g/mol. The van der Waals surface area contributed by atoms with E-state index in [1.54, 1.807) is 10.8 Å². The Labute approximate surface area is 126 Å². The van der Waals surface area contributed by atoms with Gasteiger partial charge in [0.05, 0.1) is 17.6 Å². The van der Waals surface area contributed by atoms with Crippen LogP contribution >= 0.6 is 0 Å². The quantitative estimate of drug-likeness (QED) is 0.828. The number of ether oxygens (including phenoxy) is 1. The summed E-state index contributed by atoms with van der Waals surface area (Å²) in [7, 11) is -3.55. The van der Waals surface area contributed by atoms with E-state index in [0.717, 1.165) is 6.42 Å². The number of rotatable bonds is 6. The lowest BCUT2D eigenvalue weighted by molar-refractivity contribution is 0.107.